The molecule has 2 aliphatic carbocycles. The number of aliphatic hydroxyl groups is 1. The lowest BCUT2D eigenvalue weighted by Gasteiger charge is -2.29. The van der Waals surface area contributed by atoms with E-state index in [9.17, 15) is 10.2 Å². The van der Waals surface area contributed by atoms with Crippen LogP contribution in [0.2, 0.25) is 0 Å². The van der Waals surface area contributed by atoms with E-state index in [1.165, 1.54) is 24.4 Å². The summed E-state index contributed by atoms with van der Waals surface area (Å²) in [5, 5.41) is 28.4. The molecule has 7 aromatic rings. The first-order chi connectivity index (χ1) is 26.4. The number of fused-ring (bicyclic) bond motifs is 8. The van der Waals surface area contributed by atoms with E-state index in [-0.39, 0.29) is 5.92 Å². The van der Waals surface area contributed by atoms with Crippen molar-refractivity contribution < 1.29 is 19.7 Å². The van der Waals surface area contributed by atoms with Gasteiger partial charge in [0, 0.05) is 48.0 Å². The fourth-order valence-corrected chi connectivity index (χ4v) is 11.6. The fourth-order valence-electron chi connectivity index (χ4n) is 7.93. The van der Waals surface area contributed by atoms with E-state index in [4.69, 9.17) is 9.47 Å². The van der Waals surface area contributed by atoms with Gasteiger partial charge < -0.3 is 19.7 Å². The van der Waals surface area contributed by atoms with Crippen LogP contribution in [0.5, 0.6) is 17.2 Å². The smallest absolute Gasteiger partial charge is 0.125 e. The maximum atomic E-state index is 12.1. The Balaban J connectivity index is 1.19. The molecule has 4 heterocycles. The van der Waals surface area contributed by atoms with Gasteiger partial charge in [-0.15, -0.1) is 45.3 Å². The first-order valence-corrected chi connectivity index (χ1v) is 21.4. The molecule has 9 rings (SSSR count). The van der Waals surface area contributed by atoms with E-state index in [1.807, 2.05) is 0 Å². The van der Waals surface area contributed by atoms with Gasteiger partial charge in [-0.2, -0.15) is 0 Å². The molecule has 0 amide bonds. The number of rotatable bonds is 6. The van der Waals surface area contributed by atoms with Crippen LogP contribution in [0.4, 0.5) is 0 Å². The quantitative estimate of drug-likeness (QED) is 0.176. The molecule has 2 atom stereocenters. The average Bonchev–Trinajstić information content (AvgIpc) is 4.02. The zero-order valence-corrected chi connectivity index (χ0v) is 33.1. The van der Waals surface area contributed by atoms with E-state index in [0.29, 0.717) is 31.4 Å². The fraction of sp³-hybridized carbons (Fsp3) is 0.174. The second-order valence-corrected chi connectivity index (χ2v) is 17.9. The Bertz CT molecular complexity index is 2520. The Labute approximate surface area is 331 Å². The van der Waals surface area contributed by atoms with Crippen molar-refractivity contribution in [3.63, 3.8) is 0 Å². The molecule has 270 valence electrons. The number of ether oxygens (including phenoxy) is 2. The summed E-state index contributed by atoms with van der Waals surface area (Å²) < 4.78 is 12.3. The number of phenols is 1. The van der Waals surface area contributed by atoms with Gasteiger partial charge in [0.05, 0.1) is 20.3 Å². The van der Waals surface area contributed by atoms with Crippen LogP contribution in [-0.4, -0.2) is 30.5 Å². The molecule has 0 saturated carbocycles. The SMILES string of the molecule is COc1c2cccc1Cc1cc(-c3ccc(-c4cccs4)s3)cc(c1O)Cc1cccc(c1OC)C[C@@H]1C=C(c3ccc(-c4cccs4)s3)C=C(C2)[C@@H]1O. The van der Waals surface area contributed by atoms with Crippen molar-refractivity contribution >= 4 is 50.9 Å². The summed E-state index contributed by atoms with van der Waals surface area (Å²) in [6, 6.07) is 34.1. The predicted octanol–water partition coefficient (Wildman–Crippen LogP) is 11.9. The Morgan fingerprint density at radius 2 is 1.11 bits per heavy atom. The normalized spacial score (nSPS) is 16.8. The van der Waals surface area contributed by atoms with Crippen LogP contribution in [0.3, 0.4) is 0 Å². The number of phenolic OH excluding ortho intramolecular Hbond substituents is 1. The second kappa shape index (κ2) is 14.9. The molecule has 0 fully saturated rings. The van der Waals surface area contributed by atoms with Gasteiger partial charge in [-0.3, -0.25) is 0 Å². The minimum atomic E-state index is -0.690. The summed E-state index contributed by atoms with van der Waals surface area (Å²) in [6.45, 7) is 0. The van der Waals surface area contributed by atoms with Crippen LogP contribution in [0.15, 0.2) is 126 Å². The molecule has 0 saturated heterocycles. The van der Waals surface area contributed by atoms with Crippen molar-refractivity contribution in [3.8, 4) is 47.2 Å². The molecule has 0 radical (unpaired) electrons. The van der Waals surface area contributed by atoms with Gasteiger partial charge in [-0.25, -0.2) is 0 Å². The molecule has 4 aromatic heterocycles. The Morgan fingerprint density at radius 1 is 0.574 bits per heavy atom. The highest BCUT2D eigenvalue weighted by Gasteiger charge is 2.30. The van der Waals surface area contributed by atoms with E-state index < -0.39 is 6.10 Å². The molecule has 2 aliphatic rings. The lowest BCUT2D eigenvalue weighted by molar-refractivity contribution is 0.160. The largest absolute Gasteiger partial charge is 0.507 e. The molecule has 4 nitrogen and oxygen atoms in total. The zero-order valence-electron chi connectivity index (χ0n) is 29.9. The number of allylic oxidation sites excluding steroid dienone is 2. The molecule has 8 heteroatoms. The maximum Gasteiger partial charge on any atom is 0.125 e. The molecule has 2 N–H and O–H groups in total. The Kier molecular flexibility index (Phi) is 9.63. The number of benzene rings is 3. The van der Waals surface area contributed by atoms with Gasteiger partial charge in [-0.05, 0) is 122 Å². The first-order valence-electron chi connectivity index (χ1n) is 18.0. The molecule has 0 unspecified atom stereocenters. The van der Waals surface area contributed by atoms with Crippen molar-refractivity contribution in [2.45, 2.75) is 31.8 Å². The van der Waals surface area contributed by atoms with Crippen molar-refractivity contribution in [1.82, 2.24) is 0 Å². The van der Waals surface area contributed by atoms with Crippen LogP contribution in [0.1, 0.15) is 38.3 Å². The highest BCUT2D eigenvalue weighted by Crippen LogP contribution is 2.44. The van der Waals surface area contributed by atoms with Gasteiger partial charge in [0.2, 0.25) is 0 Å². The number of aliphatic hydroxyl groups excluding tert-OH is 1. The van der Waals surface area contributed by atoms with Gasteiger partial charge in [0.1, 0.15) is 17.2 Å². The van der Waals surface area contributed by atoms with Crippen molar-refractivity contribution in [1.29, 1.82) is 0 Å². The van der Waals surface area contributed by atoms with Crippen LogP contribution >= 0.6 is 45.3 Å². The lowest BCUT2D eigenvalue weighted by Crippen LogP contribution is -2.27. The lowest BCUT2D eigenvalue weighted by atomic mass is 9.80. The van der Waals surface area contributed by atoms with E-state index in [1.54, 1.807) is 59.6 Å². The number of thiophene rings is 4. The summed E-state index contributed by atoms with van der Waals surface area (Å²) >= 11 is 7.05. The van der Waals surface area contributed by atoms with E-state index in [2.05, 4.69) is 120 Å². The highest BCUT2D eigenvalue weighted by atomic mass is 32.1. The third-order valence-electron chi connectivity index (χ3n) is 10.5. The number of methoxy groups -OCH3 is 2. The summed E-state index contributed by atoms with van der Waals surface area (Å²) in [5.41, 5.74) is 8.86. The zero-order chi connectivity index (χ0) is 36.8. The number of hydrogen-bond donors (Lipinski definition) is 2. The Morgan fingerprint density at radius 3 is 1.70 bits per heavy atom. The average molecular weight is 783 g/mol. The van der Waals surface area contributed by atoms with Crippen LogP contribution in [0, 0.1) is 5.92 Å². The monoisotopic (exact) mass is 782 g/mol. The molecular weight excluding hydrogens is 745 g/mol. The molecule has 3 aromatic carbocycles. The summed E-state index contributed by atoms with van der Waals surface area (Å²) in [6.07, 6.45) is 5.84. The topological polar surface area (TPSA) is 58.9 Å². The number of para-hydroxylation sites is 2. The minimum absolute atomic E-state index is 0.182. The molecule has 0 aliphatic heterocycles. The predicted molar refractivity (Wildman–Crippen MR) is 227 cm³/mol. The van der Waals surface area contributed by atoms with Crippen molar-refractivity contribution in [2.75, 3.05) is 14.2 Å². The number of aromatic hydroxyl groups is 1. The van der Waals surface area contributed by atoms with Crippen molar-refractivity contribution in [3.05, 3.63) is 164 Å². The standard InChI is InChI=1S/C46H38O4S4/c1-49-45-27-7-3-8-28(45)20-34-24-32(38-14-16-42(54-38)40-12-6-18-52-40)26-36(44(34)48)22-30-10-4-9-29(46(30)50-2)21-35-25-31(23-33(19-27)43(35)47)37-13-15-41(53-37)39-11-5-17-51-39/h3-18,23-26,33,43,47-48H,19-22H2,1-2H3/t33-,43-/m1/s1. The molecule has 0 spiro atoms. The number of hydrogen-bond acceptors (Lipinski definition) is 8. The molecule has 54 heavy (non-hydrogen) atoms. The maximum absolute atomic E-state index is 12.1. The third-order valence-corrected chi connectivity index (χ3v) is 14.9. The van der Waals surface area contributed by atoms with Gasteiger partial charge in [0.25, 0.3) is 0 Å². The van der Waals surface area contributed by atoms with Gasteiger partial charge in [-0.1, -0.05) is 60.7 Å². The first kappa shape index (κ1) is 35.0. The van der Waals surface area contributed by atoms with E-state index in [0.717, 1.165) is 66.5 Å². The molecular formula is C46H38O4S4. The van der Waals surface area contributed by atoms with Crippen LogP contribution < -0.4 is 9.47 Å². The Hall–Kier alpha value is -4.70. The van der Waals surface area contributed by atoms with E-state index >= 15 is 0 Å². The van der Waals surface area contributed by atoms with Crippen LogP contribution in [-0.2, 0) is 25.7 Å². The highest BCUT2D eigenvalue weighted by molar-refractivity contribution is 7.23. The van der Waals surface area contributed by atoms with Crippen LogP contribution in [0.25, 0.3) is 35.5 Å². The molecule has 8 bridgehead atoms. The third kappa shape index (κ3) is 6.67. The van der Waals surface area contributed by atoms with Gasteiger partial charge >= 0.3 is 0 Å². The minimum Gasteiger partial charge on any atom is -0.507 e. The summed E-state index contributed by atoms with van der Waals surface area (Å²) in [5.74, 6) is 1.70. The summed E-state index contributed by atoms with van der Waals surface area (Å²) in [7, 11) is 3.44. The second-order valence-electron chi connectivity index (χ2n) is 13.8. The summed E-state index contributed by atoms with van der Waals surface area (Å²) in [4.78, 5) is 7.32. The van der Waals surface area contributed by atoms with Crippen molar-refractivity contribution in [2.24, 2.45) is 5.92 Å². The van der Waals surface area contributed by atoms with Gasteiger partial charge in [0.15, 0.2) is 0 Å².